The van der Waals surface area contributed by atoms with Crippen LogP contribution in [0.5, 0.6) is 11.5 Å². The Bertz CT molecular complexity index is 1520. The molecule has 4 aromatic rings. The molecule has 0 atom stereocenters. The summed E-state index contributed by atoms with van der Waals surface area (Å²) in [5.74, 6) is -0.244. The summed E-state index contributed by atoms with van der Waals surface area (Å²) in [7, 11) is 0. The minimum absolute atomic E-state index is 0.122. The Morgan fingerprint density at radius 1 is 0.476 bits per heavy atom. The fraction of sp³-hybridized carbons (Fsp3) is 0.294. The van der Waals surface area contributed by atoms with E-state index in [4.69, 9.17) is 0 Å². The van der Waals surface area contributed by atoms with Crippen LogP contribution in [0.25, 0.3) is 33.4 Å². The molecular formula is C34H28F6O2. The van der Waals surface area contributed by atoms with Crippen LogP contribution in [0.3, 0.4) is 0 Å². The monoisotopic (exact) mass is 582 g/mol. The largest absolute Gasteiger partial charge is 0.507 e. The molecule has 2 aliphatic carbocycles. The summed E-state index contributed by atoms with van der Waals surface area (Å²) in [5.41, 5.74) is 4.65. The fourth-order valence-electron chi connectivity index (χ4n) is 6.44. The molecule has 2 N–H and O–H groups in total. The van der Waals surface area contributed by atoms with E-state index in [1.165, 1.54) is 24.3 Å². The molecule has 0 spiro atoms. The predicted molar refractivity (Wildman–Crippen MR) is 149 cm³/mol. The van der Waals surface area contributed by atoms with Gasteiger partial charge >= 0.3 is 12.4 Å². The van der Waals surface area contributed by atoms with Gasteiger partial charge in [0.1, 0.15) is 11.5 Å². The van der Waals surface area contributed by atoms with Gasteiger partial charge in [-0.05, 0) is 121 Å². The highest BCUT2D eigenvalue weighted by Gasteiger charge is 2.33. The maximum Gasteiger partial charge on any atom is 0.416 e. The van der Waals surface area contributed by atoms with Gasteiger partial charge in [0.2, 0.25) is 0 Å². The first-order chi connectivity index (χ1) is 19.9. The molecular weight excluding hydrogens is 554 g/mol. The predicted octanol–water partition coefficient (Wildman–Crippen LogP) is 9.89. The molecule has 6 rings (SSSR count). The quantitative estimate of drug-likeness (QED) is 0.236. The number of alkyl halides is 6. The molecule has 8 heteroatoms. The number of fused-ring (bicyclic) bond motifs is 2. The number of hydrogen-bond donors (Lipinski definition) is 2. The fourth-order valence-corrected chi connectivity index (χ4v) is 6.44. The third-order valence-electron chi connectivity index (χ3n) is 8.54. The number of aromatic hydroxyl groups is 2. The normalized spacial score (nSPS) is 15.3. The third-order valence-corrected chi connectivity index (χ3v) is 8.54. The van der Waals surface area contributed by atoms with Gasteiger partial charge in [-0.15, -0.1) is 0 Å². The zero-order valence-electron chi connectivity index (χ0n) is 22.6. The molecule has 0 aliphatic heterocycles. The molecule has 2 aliphatic rings. The van der Waals surface area contributed by atoms with E-state index in [2.05, 4.69) is 0 Å². The molecule has 0 radical (unpaired) electrons. The Labute approximate surface area is 239 Å². The van der Waals surface area contributed by atoms with Crippen molar-refractivity contribution in [2.45, 2.75) is 63.7 Å². The van der Waals surface area contributed by atoms with Gasteiger partial charge < -0.3 is 10.2 Å². The Morgan fingerprint density at radius 2 is 0.810 bits per heavy atom. The summed E-state index contributed by atoms with van der Waals surface area (Å²) in [6.07, 6.45) is -2.65. The van der Waals surface area contributed by atoms with Crippen molar-refractivity contribution in [1.29, 1.82) is 0 Å². The number of aryl methyl sites for hydroxylation is 2. The van der Waals surface area contributed by atoms with Crippen LogP contribution in [0.1, 0.15) is 59.1 Å². The van der Waals surface area contributed by atoms with E-state index in [1.807, 2.05) is 12.1 Å². The summed E-state index contributed by atoms with van der Waals surface area (Å²) < 4.78 is 79.5. The highest BCUT2D eigenvalue weighted by molar-refractivity contribution is 5.93. The minimum atomic E-state index is -4.49. The molecule has 0 saturated heterocycles. The molecule has 0 saturated carbocycles. The van der Waals surface area contributed by atoms with E-state index in [9.17, 15) is 36.6 Å². The summed E-state index contributed by atoms with van der Waals surface area (Å²) in [6.45, 7) is 0. The standard InChI is InChI=1S/C34H28F6O2/c35-33(36,37)23-13-9-19(10-14-23)27-17-21-5-1-3-7-25(21)29(31(27)41)30-26-8-4-2-6-22(26)18-28(32(30)42)20-11-15-24(16-12-20)34(38,39)40/h9-18,41-42H,1-8H2. The third kappa shape index (κ3) is 5.01. The van der Waals surface area contributed by atoms with Gasteiger partial charge in [0.15, 0.2) is 0 Å². The molecule has 0 aromatic heterocycles. The van der Waals surface area contributed by atoms with Gasteiger partial charge in [-0.2, -0.15) is 26.3 Å². The molecule has 0 heterocycles. The van der Waals surface area contributed by atoms with Crippen LogP contribution < -0.4 is 0 Å². The van der Waals surface area contributed by atoms with Crippen LogP contribution >= 0.6 is 0 Å². The Morgan fingerprint density at radius 3 is 1.14 bits per heavy atom. The summed E-state index contributed by atoms with van der Waals surface area (Å²) in [6, 6.07) is 13.0. The minimum Gasteiger partial charge on any atom is -0.507 e. The Balaban J connectivity index is 1.59. The highest BCUT2D eigenvalue weighted by Crippen LogP contribution is 2.52. The molecule has 0 amide bonds. The lowest BCUT2D eigenvalue weighted by atomic mass is 9.77. The number of benzene rings is 4. The maximum atomic E-state index is 13.2. The highest BCUT2D eigenvalue weighted by atomic mass is 19.4. The number of rotatable bonds is 3. The van der Waals surface area contributed by atoms with Crippen LogP contribution in [0.4, 0.5) is 26.3 Å². The first kappa shape index (κ1) is 28.2. The average Bonchev–Trinajstić information content (AvgIpc) is 2.96. The van der Waals surface area contributed by atoms with Crippen molar-refractivity contribution in [3.05, 3.63) is 94.0 Å². The lowest BCUT2D eigenvalue weighted by Gasteiger charge is -2.28. The number of phenolic OH excluding ortho intramolecular Hbond substituents is 2. The molecule has 218 valence electrons. The Hall–Kier alpha value is -3.94. The lowest BCUT2D eigenvalue weighted by Crippen LogP contribution is -2.10. The number of phenols is 2. The first-order valence-corrected chi connectivity index (χ1v) is 14.0. The van der Waals surface area contributed by atoms with Gasteiger partial charge in [-0.25, -0.2) is 0 Å². The van der Waals surface area contributed by atoms with Gasteiger partial charge in [-0.3, -0.25) is 0 Å². The van der Waals surface area contributed by atoms with E-state index in [0.29, 0.717) is 46.2 Å². The summed E-state index contributed by atoms with van der Waals surface area (Å²) >= 11 is 0. The van der Waals surface area contributed by atoms with Gasteiger partial charge in [-0.1, -0.05) is 24.3 Å². The van der Waals surface area contributed by atoms with Crippen molar-refractivity contribution < 1.29 is 36.6 Å². The average molecular weight is 583 g/mol. The van der Waals surface area contributed by atoms with Crippen molar-refractivity contribution >= 4 is 0 Å². The summed E-state index contributed by atoms with van der Waals surface area (Å²) in [4.78, 5) is 0. The van der Waals surface area contributed by atoms with Crippen LogP contribution in [0.2, 0.25) is 0 Å². The van der Waals surface area contributed by atoms with Crippen LogP contribution in [-0.2, 0) is 38.0 Å². The van der Waals surface area contributed by atoms with E-state index >= 15 is 0 Å². The zero-order chi connectivity index (χ0) is 29.8. The van der Waals surface area contributed by atoms with Crippen molar-refractivity contribution in [2.24, 2.45) is 0 Å². The first-order valence-electron chi connectivity index (χ1n) is 14.0. The second-order valence-corrected chi connectivity index (χ2v) is 11.1. The molecule has 42 heavy (non-hydrogen) atoms. The van der Waals surface area contributed by atoms with Gasteiger partial charge in [0.05, 0.1) is 11.1 Å². The second-order valence-electron chi connectivity index (χ2n) is 11.1. The topological polar surface area (TPSA) is 40.5 Å². The van der Waals surface area contributed by atoms with Crippen LogP contribution in [-0.4, -0.2) is 10.2 Å². The zero-order valence-corrected chi connectivity index (χ0v) is 22.6. The SMILES string of the molecule is Oc1c(-c2ccc(C(F)(F)F)cc2)cc2c(c1-c1c(O)c(-c3ccc(C(F)(F)F)cc3)cc3c1CCCC3)CCCC2. The second kappa shape index (κ2) is 10.4. The number of halogens is 6. The number of hydrogen-bond acceptors (Lipinski definition) is 2. The summed E-state index contributed by atoms with van der Waals surface area (Å²) in [5, 5.41) is 23.7. The maximum absolute atomic E-state index is 13.2. The molecule has 2 nitrogen and oxygen atoms in total. The smallest absolute Gasteiger partial charge is 0.416 e. The molecule has 0 unspecified atom stereocenters. The van der Waals surface area contributed by atoms with E-state index < -0.39 is 23.5 Å². The van der Waals surface area contributed by atoms with Gasteiger partial charge in [0.25, 0.3) is 0 Å². The van der Waals surface area contributed by atoms with Crippen LogP contribution in [0.15, 0.2) is 60.7 Å². The van der Waals surface area contributed by atoms with E-state index in [1.54, 1.807) is 0 Å². The molecule has 0 bridgehead atoms. The van der Waals surface area contributed by atoms with Crippen molar-refractivity contribution in [3.63, 3.8) is 0 Å². The molecule has 4 aromatic carbocycles. The van der Waals surface area contributed by atoms with Crippen molar-refractivity contribution in [3.8, 4) is 44.9 Å². The van der Waals surface area contributed by atoms with E-state index in [-0.39, 0.29) is 11.5 Å². The van der Waals surface area contributed by atoms with Crippen molar-refractivity contribution in [1.82, 2.24) is 0 Å². The molecule has 0 fully saturated rings. The van der Waals surface area contributed by atoms with Crippen molar-refractivity contribution in [2.75, 3.05) is 0 Å². The van der Waals surface area contributed by atoms with Crippen LogP contribution in [0, 0.1) is 0 Å². The van der Waals surface area contributed by atoms with Gasteiger partial charge in [0, 0.05) is 22.3 Å². The Kier molecular flexibility index (Phi) is 6.98. The van der Waals surface area contributed by atoms with E-state index in [0.717, 1.165) is 85.0 Å². The lowest BCUT2D eigenvalue weighted by molar-refractivity contribution is -0.138.